The van der Waals surface area contributed by atoms with Crippen molar-refractivity contribution in [3.8, 4) is 0 Å². The van der Waals surface area contributed by atoms with Crippen molar-refractivity contribution in [2.45, 2.75) is 58.4 Å². The van der Waals surface area contributed by atoms with E-state index in [9.17, 15) is 18.4 Å². The first kappa shape index (κ1) is 19.9. The monoisotopic (exact) mass is 419 g/mol. The average molecular weight is 419 g/mol. The van der Waals surface area contributed by atoms with Crippen molar-refractivity contribution in [3.05, 3.63) is 40.4 Å². The summed E-state index contributed by atoms with van der Waals surface area (Å²) in [6.07, 6.45) is 6.87. The number of anilines is 2. The van der Waals surface area contributed by atoms with Crippen LogP contribution in [0.3, 0.4) is 0 Å². The number of hydrogen-bond donors (Lipinski definition) is 1. The Kier molecular flexibility index (Phi) is 5.14. The fraction of sp³-hybridized carbons (Fsp3) is 0.476. The van der Waals surface area contributed by atoms with Crippen LogP contribution < -0.4 is 10.2 Å². The van der Waals surface area contributed by atoms with Crippen molar-refractivity contribution in [2.75, 3.05) is 4.90 Å². The van der Waals surface area contributed by atoms with Crippen molar-refractivity contribution in [3.63, 3.8) is 0 Å². The van der Waals surface area contributed by atoms with Crippen LogP contribution in [0.4, 0.5) is 19.6 Å². The number of halogens is 2. The van der Waals surface area contributed by atoms with Crippen LogP contribution in [0, 0.1) is 24.0 Å². The van der Waals surface area contributed by atoms with Gasteiger partial charge in [-0.05, 0) is 50.2 Å². The molecule has 2 aromatic rings. The highest BCUT2D eigenvalue weighted by molar-refractivity contribution is 7.16. The molecule has 1 heterocycles. The number of carbonyl (C=O) groups excluding carboxylic acids is 2. The van der Waals surface area contributed by atoms with E-state index in [1.807, 2.05) is 0 Å². The van der Waals surface area contributed by atoms with E-state index in [0.29, 0.717) is 4.88 Å². The lowest BCUT2D eigenvalue weighted by Crippen LogP contribution is -2.54. The van der Waals surface area contributed by atoms with Crippen molar-refractivity contribution in [1.82, 2.24) is 10.3 Å². The molecule has 1 spiro atoms. The number of carbonyl (C=O) groups is 2. The van der Waals surface area contributed by atoms with Crippen LogP contribution >= 0.6 is 11.3 Å². The molecule has 2 amide bonds. The fourth-order valence-electron chi connectivity index (χ4n) is 4.61. The Morgan fingerprint density at radius 1 is 1.17 bits per heavy atom. The summed E-state index contributed by atoms with van der Waals surface area (Å²) in [5.74, 6) is -2.27. The molecule has 2 fully saturated rings. The average Bonchev–Trinajstić information content (AvgIpc) is 3.26. The van der Waals surface area contributed by atoms with Crippen molar-refractivity contribution < 1.29 is 18.4 Å². The first-order valence-electron chi connectivity index (χ1n) is 9.84. The van der Waals surface area contributed by atoms with Crippen molar-refractivity contribution >= 4 is 34.0 Å². The topological polar surface area (TPSA) is 62.3 Å². The number of aryl methyl sites for hydroxylation is 1. The Morgan fingerprint density at radius 2 is 1.83 bits per heavy atom. The van der Waals surface area contributed by atoms with Gasteiger partial charge in [-0.2, -0.15) is 0 Å². The van der Waals surface area contributed by atoms with E-state index >= 15 is 0 Å². The summed E-state index contributed by atoms with van der Waals surface area (Å²) < 4.78 is 27.3. The maximum Gasteiger partial charge on any atom is 0.271 e. The third kappa shape index (κ3) is 3.66. The molecule has 0 aliphatic heterocycles. The summed E-state index contributed by atoms with van der Waals surface area (Å²) in [4.78, 5) is 31.2. The van der Waals surface area contributed by atoms with Gasteiger partial charge in [-0.3, -0.25) is 14.5 Å². The van der Waals surface area contributed by atoms with E-state index in [1.165, 1.54) is 19.8 Å². The second-order valence-electron chi connectivity index (χ2n) is 8.02. The number of nitrogens with one attached hydrogen (secondary N) is 1. The molecule has 1 aromatic heterocycles. The van der Waals surface area contributed by atoms with E-state index < -0.39 is 17.5 Å². The molecule has 0 saturated heterocycles. The molecule has 1 aromatic carbocycles. The van der Waals surface area contributed by atoms with Crippen LogP contribution in [0.1, 0.15) is 60.8 Å². The van der Waals surface area contributed by atoms with Crippen LogP contribution in [0.5, 0.6) is 0 Å². The number of benzene rings is 1. The van der Waals surface area contributed by atoms with Crippen molar-refractivity contribution in [2.24, 2.45) is 5.41 Å². The predicted molar refractivity (Wildman–Crippen MR) is 107 cm³/mol. The van der Waals surface area contributed by atoms with Gasteiger partial charge >= 0.3 is 0 Å². The van der Waals surface area contributed by atoms with E-state index in [1.54, 1.807) is 6.92 Å². The van der Waals surface area contributed by atoms with Gasteiger partial charge in [0.15, 0.2) is 5.13 Å². The minimum atomic E-state index is -0.788. The van der Waals surface area contributed by atoms with E-state index in [4.69, 9.17) is 0 Å². The molecule has 1 atom stereocenters. The lowest BCUT2D eigenvalue weighted by atomic mass is 9.63. The normalized spacial score (nSPS) is 19.8. The molecule has 4 rings (SSSR count). The lowest BCUT2D eigenvalue weighted by Gasteiger charge is -2.47. The maximum absolute atomic E-state index is 13.7. The largest absolute Gasteiger partial charge is 0.347 e. The number of nitrogens with zero attached hydrogens (tertiary/aromatic N) is 2. The molecule has 0 bridgehead atoms. The highest BCUT2D eigenvalue weighted by Crippen LogP contribution is 2.53. The first-order chi connectivity index (χ1) is 13.8. The number of rotatable bonds is 4. The van der Waals surface area contributed by atoms with Crippen LogP contribution in [0.15, 0.2) is 18.2 Å². The zero-order valence-corrected chi connectivity index (χ0v) is 17.2. The molecular weight excluding hydrogens is 396 g/mol. The molecule has 2 saturated carbocycles. The molecule has 8 heteroatoms. The maximum atomic E-state index is 13.7. The van der Waals surface area contributed by atoms with Gasteiger partial charge in [-0.25, -0.2) is 13.8 Å². The van der Waals surface area contributed by atoms with Gasteiger partial charge in [0.2, 0.25) is 5.91 Å². The molecule has 154 valence electrons. The van der Waals surface area contributed by atoms with Crippen LogP contribution in [-0.4, -0.2) is 22.8 Å². The number of amides is 2. The Labute approximate surface area is 172 Å². The minimum Gasteiger partial charge on any atom is -0.347 e. The van der Waals surface area contributed by atoms with E-state index in [0.717, 1.165) is 60.1 Å². The standard InChI is InChI=1S/C21H23F2N3O2S/c1-12-18(19(28)24-17-5-8-21(17)6-3-4-7-21)25-20(29-12)26(13(2)27)16-10-14(22)9-15(23)11-16/h9-11,17H,3-8H2,1-2H3,(H,24,28)/t17-/m0/s1. The molecule has 5 nitrogen and oxygen atoms in total. The van der Waals surface area contributed by atoms with Gasteiger partial charge in [0.25, 0.3) is 5.91 Å². The van der Waals surface area contributed by atoms with Gasteiger partial charge in [-0.15, -0.1) is 11.3 Å². The Morgan fingerprint density at radius 3 is 2.38 bits per heavy atom. The van der Waals surface area contributed by atoms with Gasteiger partial charge in [0.1, 0.15) is 17.3 Å². The molecule has 29 heavy (non-hydrogen) atoms. The highest BCUT2D eigenvalue weighted by Gasteiger charge is 2.48. The summed E-state index contributed by atoms with van der Waals surface area (Å²) in [5.41, 5.74) is 0.542. The Bertz CT molecular complexity index is 949. The third-order valence-electron chi connectivity index (χ3n) is 6.19. The highest BCUT2D eigenvalue weighted by atomic mass is 32.1. The van der Waals surface area contributed by atoms with Gasteiger partial charge in [0, 0.05) is 23.9 Å². The molecule has 0 radical (unpaired) electrons. The SMILES string of the molecule is CC(=O)N(c1cc(F)cc(F)c1)c1nc(C(=O)N[C@H]2CCC23CCCC3)c(C)s1. The fourth-order valence-corrected chi connectivity index (χ4v) is 5.58. The van der Waals surface area contributed by atoms with Crippen LogP contribution in [0.2, 0.25) is 0 Å². The summed E-state index contributed by atoms with van der Waals surface area (Å²) in [6, 6.07) is 3.05. The summed E-state index contributed by atoms with van der Waals surface area (Å²) >= 11 is 1.15. The quantitative estimate of drug-likeness (QED) is 0.769. The van der Waals surface area contributed by atoms with Crippen LogP contribution in [0.25, 0.3) is 0 Å². The smallest absolute Gasteiger partial charge is 0.271 e. The molecular formula is C21H23F2N3O2S. The van der Waals surface area contributed by atoms with Gasteiger partial charge in [-0.1, -0.05) is 12.8 Å². The predicted octanol–water partition coefficient (Wildman–Crippen LogP) is 4.87. The van der Waals surface area contributed by atoms with Crippen LogP contribution in [-0.2, 0) is 4.79 Å². The lowest BCUT2D eigenvalue weighted by molar-refractivity contribution is -0.115. The third-order valence-corrected chi connectivity index (χ3v) is 7.14. The summed E-state index contributed by atoms with van der Waals surface area (Å²) in [5, 5.41) is 3.34. The second-order valence-corrected chi connectivity index (χ2v) is 9.20. The number of aromatic nitrogens is 1. The van der Waals surface area contributed by atoms with Gasteiger partial charge < -0.3 is 5.32 Å². The minimum absolute atomic E-state index is 0.0413. The summed E-state index contributed by atoms with van der Waals surface area (Å²) in [7, 11) is 0. The molecule has 2 aliphatic rings. The first-order valence-corrected chi connectivity index (χ1v) is 10.7. The Hall–Kier alpha value is -2.35. The molecule has 1 N–H and O–H groups in total. The molecule has 2 aliphatic carbocycles. The summed E-state index contributed by atoms with van der Waals surface area (Å²) in [6.45, 7) is 3.05. The van der Waals surface area contributed by atoms with E-state index in [2.05, 4.69) is 10.3 Å². The Balaban J connectivity index is 1.59. The van der Waals surface area contributed by atoms with Crippen molar-refractivity contribution in [1.29, 1.82) is 0 Å². The van der Waals surface area contributed by atoms with E-state index in [-0.39, 0.29) is 33.9 Å². The zero-order valence-electron chi connectivity index (χ0n) is 16.4. The molecule has 0 unspecified atom stereocenters. The number of hydrogen-bond acceptors (Lipinski definition) is 4. The second kappa shape index (κ2) is 7.48. The van der Waals surface area contributed by atoms with Gasteiger partial charge in [0.05, 0.1) is 5.69 Å². The number of thiazole rings is 1. The zero-order chi connectivity index (χ0) is 20.8.